The van der Waals surface area contributed by atoms with E-state index in [1.54, 1.807) is 0 Å². The molecule has 0 unspecified atom stereocenters. The van der Waals surface area contributed by atoms with Gasteiger partial charge in [-0.25, -0.2) is 0 Å². The fraction of sp³-hybridized carbons (Fsp3) is 0.263. The SMILES string of the molecule is C1=C(CCCCc2ccccc2)COc2ccccc21. The number of aryl methyl sites for hydroxylation is 1. The summed E-state index contributed by atoms with van der Waals surface area (Å²) in [6.07, 6.45) is 7.07. The molecule has 0 saturated carbocycles. The van der Waals surface area contributed by atoms with E-state index in [-0.39, 0.29) is 0 Å². The molecule has 1 aliphatic rings. The Morgan fingerprint density at radius 3 is 2.45 bits per heavy atom. The van der Waals surface area contributed by atoms with Crippen LogP contribution >= 0.6 is 0 Å². The van der Waals surface area contributed by atoms with Crippen LogP contribution in [-0.2, 0) is 6.42 Å². The van der Waals surface area contributed by atoms with E-state index >= 15 is 0 Å². The van der Waals surface area contributed by atoms with Crippen molar-refractivity contribution in [3.05, 3.63) is 71.3 Å². The van der Waals surface area contributed by atoms with Crippen molar-refractivity contribution in [3.63, 3.8) is 0 Å². The molecule has 0 saturated heterocycles. The van der Waals surface area contributed by atoms with Gasteiger partial charge < -0.3 is 4.74 Å². The first-order valence-electron chi connectivity index (χ1n) is 7.37. The first-order valence-corrected chi connectivity index (χ1v) is 7.37. The van der Waals surface area contributed by atoms with Crippen LogP contribution in [0.4, 0.5) is 0 Å². The van der Waals surface area contributed by atoms with Crippen molar-refractivity contribution in [2.75, 3.05) is 6.61 Å². The molecule has 0 fully saturated rings. The molecule has 1 aliphatic heterocycles. The normalized spacial score (nSPS) is 13.3. The molecule has 2 aromatic carbocycles. The van der Waals surface area contributed by atoms with Crippen molar-refractivity contribution in [3.8, 4) is 5.75 Å². The summed E-state index contributed by atoms with van der Waals surface area (Å²) in [5.41, 5.74) is 4.07. The Balaban J connectivity index is 1.49. The second-order valence-electron chi connectivity index (χ2n) is 5.32. The van der Waals surface area contributed by atoms with Gasteiger partial charge in [-0.3, -0.25) is 0 Å². The van der Waals surface area contributed by atoms with Crippen LogP contribution in [0, 0.1) is 0 Å². The molecule has 0 N–H and O–H groups in total. The van der Waals surface area contributed by atoms with Crippen LogP contribution < -0.4 is 4.74 Å². The van der Waals surface area contributed by atoms with E-state index < -0.39 is 0 Å². The Kier molecular flexibility index (Phi) is 4.17. The van der Waals surface area contributed by atoms with E-state index in [0.717, 1.165) is 18.8 Å². The summed E-state index contributed by atoms with van der Waals surface area (Å²) < 4.78 is 5.78. The second-order valence-corrected chi connectivity index (χ2v) is 5.32. The van der Waals surface area contributed by atoms with Crippen molar-refractivity contribution in [2.24, 2.45) is 0 Å². The number of benzene rings is 2. The molecule has 102 valence electrons. The molecule has 20 heavy (non-hydrogen) atoms. The maximum Gasteiger partial charge on any atom is 0.127 e. The summed E-state index contributed by atoms with van der Waals surface area (Å²) >= 11 is 0. The van der Waals surface area contributed by atoms with E-state index in [0.29, 0.717) is 0 Å². The van der Waals surface area contributed by atoms with E-state index in [4.69, 9.17) is 4.74 Å². The number of para-hydroxylation sites is 1. The summed E-state index contributed by atoms with van der Waals surface area (Å²) in [7, 11) is 0. The van der Waals surface area contributed by atoms with Crippen molar-refractivity contribution in [1.29, 1.82) is 0 Å². The summed E-state index contributed by atoms with van der Waals surface area (Å²) in [4.78, 5) is 0. The summed E-state index contributed by atoms with van der Waals surface area (Å²) in [6.45, 7) is 0.752. The zero-order valence-electron chi connectivity index (χ0n) is 11.7. The molecule has 1 nitrogen and oxygen atoms in total. The van der Waals surface area contributed by atoms with Gasteiger partial charge in [0.25, 0.3) is 0 Å². The fourth-order valence-electron chi connectivity index (χ4n) is 2.63. The quantitative estimate of drug-likeness (QED) is 0.700. The largest absolute Gasteiger partial charge is 0.489 e. The number of ether oxygens (including phenoxy) is 1. The lowest BCUT2D eigenvalue weighted by Gasteiger charge is -2.17. The van der Waals surface area contributed by atoms with Crippen molar-refractivity contribution < 1.29 is 4.74 Å². The Hall–Kier alpha value is -2.02. The van der Waals surface area contributed by atoms with Gasteiger partial charge in [-0.2, -0.15) is 0 Å². The minimum atomic E-state index is 0.752. The first-order chi connectivity index (χ1) is 9.92. The average molecular weight is 264 g/mol. The molecule has 0 bridgehead atoms. The van der Waals surface area contributed by atoms with E-state index in [9.17, 15) is 0 Å². The molecule has 0 amide bonds. The average Bonchev–Trinajstić information content (AvgIpc) is 2.52. The van der Waals surface area contributed by atoms with Gasteiger partial charge >= 0.3 is 0 Å². The van der Waals surface area contributed by atoms with Crippen molar-refractivity contribution in [1.82, 2.24) is 0 Å². The van der Waals surface area contributed by atoms with Gasteiger partial charge in [0.1, 0.15) is 12.4 Å². The van der Waals surface area contributed by atoms with Gasteiger partial charge in [-0.1, -0.05) is 48.5 Å². The predicted octanol–water partition coefficient (Wildman–Crippen LogP) is 4.88. The number of rotatable bonds is 5. The van der Waals surface area contributed by atoms with Crippen LogP contribution in [0.5, 0.6) is 5.75 Å². The van der Waals surface area contributed by atoms with Crippen LogP contribution in [0.15, 0.2) is 60.2 Å². The van der Waals surface area contributed by atoms with Crippen LogP contribution in [0.25, 0.3) is 6.08 Å². The summed E-state index contributed by atoms with van der Waals surface area (Å²) in [6, 6.07) is 19.0. The molecule has 3 rings (SSSR count). The van der Waals surface area contributed by atoms with Crippen LogP contribution in [0.1, 0.15) is 30.4 Å². The highest BCUT2D eigenvalue weighted by Gasteiger charge is 2.09. The van der Waals surface area contributed by atoms with Crippen LogP contribution in [-0.4, -0.2) is 6.61 Å². The highest BCUT2D eigenvalue weighted by Crippen LogP contribution is 2.27. The Morgan fingerprint density at radius 1 is 0.800 bits per heavy atom. The topological polar surface area (TPSA) is 9.23 Å². The summed E-state index contributed by atoms with van der Waals surface area (Å²) in [5.74, 6) is 1.01. The lowest BCUT2D eigenvalue weighted by atomic mass is 10.0. The van der Waals surface area contributed by atoms with Crippen LogP contribution in [0.2, 0.25) is 0 Å². The number of fused-ring (bicyclic) bond motifs is 1. The smallest absolute Gasteiger partial charge is 0.127 e. The molecule has 1 heteroatoms. The van der Waals surface area contributed by atoms with Crippen molar-refractivity contribution >= 4 is 6.08 Å². The minimum absolute atomic E-state index is 0.752. The third-order valence-electron chi connectivity index (χ3n) is 3.75. The maximum atomic E-state index is 5.78. The molecule has 0 spiro atoms. The molecule has 0 radical (unpaired) electrons. The predicted molar refractivity (Wildman–Crippen MR) is 83.9 cm³/mol. The zero-order chi connectivity index (χ0) is 13.6. The zero-order valence-corrected chi connectivity index (χ0v) is 11.7. The van der Waals surface area contributed by atoms with Gasteiger partial charge in [0.2, 0.25) is 0 Å². The van der Waals surface area contributed by atoms with Gasteiger partial charge in [0.15, 0.2) is 0 Å². The molecular formula is C19H20O. The highest BCUT2D eigenvalue weighted by atomic mass is 16.5. The van der Waals surface area contributed by atoms with Crippen molar-refractivity contribution in [2.45, 2.75) is 25.7 Å². The monoisotopic (exact) mass is 264 g/mol. The first kappa shape index (κ1) is 13.0. The second kappa shape index (κ2) is 6.42. The van der Waals surface area contributed by atoms with Gasteiger partial charge in [-0.05, 0) is 49.0 Å². The molecular weight excluding hydrogens is 244 g/mol. The Labute approximate surface area is 120 Å². The minimum Gasteiger partial charge on any atom is -0.489 e. The lowest BCUT2D eigenvalue weighted by Crippen LogP contribution is -2.07. The fourth-order valence-corrected chi connectivity index (χ4v) is 2.63. The molecule has 0 aromatic heterocycles. The standard InChI is InChI=1S/C19H20O/c1-2-8-16(9-3-1)10-4-5-11-17-14-18-12-6-7-13-19(18)20-15-17/h1-3,6-9,12-14H,4-5,10-11,15H2. The van der Waals surface area contributed by atoms with Crippen LogP contribution in [0.3, 0.4) is 0 Å². The maximum absolute atomic E-state index is 5.78. The molecule has 0 aliphatic carbocycles. The molecule has 1 heterocycles. The van der Waals surface area contributed by atoms with Gasteiger partial charge in [0.05, 0.1) is 0 Å². The highest BCUT2D eigenvalue weighted by molar-refractivity contribution is 5.61. The number of unbranched alkanes of at least 4 members (excludes halogenated alkanes) is 1. The summed E-state index contributed by atoms with van der Waals surface area (Å²) in [5, 5.41) is 0. The van der Waals surface area contributed by atoms with Gasteiger partial charge in [-0.15, -0.1) is 0 Å². The molecule has 2 aromatic rings. The Bertz CT molecular complexity index is 584. The molecule has 0 atom stereocenters. The van der Waals surface area contributed by atoms with E-state index in [1.807, 2.05) is 12.1 Å². The Morgan fingerprint density at radius 2 is 1.55 bits per heavy atom. The van der Waals surface area contributed by atoms with E-state index in [2.05, 4.69) is 48.5 Å². The third kappa shape index (κ3) is 3.30. The number of hydrogen-bond donors (Lipinski definition) is 0. The lowest BCUT2D eigenvalue weighted by molar-refractivity contribution is 0.341. The third-order valence-corrected chi connectivity index (χ3v) is 3.75. The van der Waals surface area contributed by atoms with E-state index in [1.165, 1.54) is 36.0 Å². The van der Waals surface area contributed by atoms with Gasteiger partial charge in [0, 0.05) is 5.56 Å². The number of hydrogen-bond acceptors (Lipinski definition) is 1.